The lowest BCUT2D eigenvalue weighted by molar-refractivity contribution is 0.401. The molecule has 0 atom stereocenters. The topological polar surface area (TPSA) is 18.5 Å². The molecule has 3 nitrogen and oxygen atoms in total. The van der Waals surface area contributed by atoms with Gasteiger partial charge in [0.15, 0.2) is 0 Å². The molecule has 0 aliphatic heterocycles. The molecular weight excluding hydrogens is 234 g/mol. The highest BCUT2D eigenvalue weighted by Crippen LogP contribution is 2.20. The number of anilines is 1. The highest BCUT2D eigenvalue weighted by atomic mass is 15.1. The second kappa shape index (κ2) is 6.92. The summed E-state index contributed by atoms with van der Waals surface area (Å²) in [5, 5.41) is 3.55. The Bertz CT molecular complexity index is 368. The van der Waals surface area contributed by atoms with Crippen molar-refractivity contribution in [3.05, 3.63) is 29.8 Å². The van der Waals surface area contributed by atoms with Crippen LogP contribution in [0.5, 0.6) is 0 Å². The molecular formula is C16H27N3. The van der Waals surface area contributed by atoms with Gasteiger partial charge in [0.2, 0.25) is 0 Å². The molecule has 0 bridgehead atoms. The third kappa shape index (κ3) is 5.21. The van der Waals surface area contributed by atoms with Gasteiger partial charge in [0.05, 0.1) is 0 Å². The third-order valence-electron chi connectivity index (χ3n) is 3.65. The molecule has 1 N–H and O–H groups in total. The average Bonchev–Trinajstić information content (AvgIpc) is 3.20. The van der Waals surface area contributed by atoms with Gasteiger partial charge < -0.3 is 15.1 Å². The standard InChI is InChI=1S/C16H27N3/c1-18(2)11-4-12-19(3)16-9-5-14(6-10-16)13-17-15-7-8-15/h5-6,9-10,15,17H,4,7-8,11-13H2,1-3H3. The van der Waals surface area contributed by atoms with E-state index in [0.717, 1.165) is 25.7 Å². The van der Waals surface area contributed by atoms with Crippen LogP contribution < -0.4 is 10.2 Å². The Morgan fingerprint density at radius 1 is 1.05 bits per heavy atom. The molecule has 1 aromatic rings. The Hall–Kier alpha value is -1.06. The first-order valence-electron chi connectivity index (χ1n) is 7.33. The van der Waals surface area contributed by atoms with Crippen LogP contribution >= 0.6 is 0 Å². The molecule has 19 heavy (non-hydrogen) atoms. The molecule has 0 unspecified atom stereocenters. The maximum atomic E-state index is 3.55. The molecule has 1 aliphatic carbocycles. The lowest BCUT2D eigenvalue weighted by atomic mass is 10.2. The van der Waals surface area contributed by atoms with Gasteiger partial charge in [-0.15, -0.1) is 0 Å². The molecule has 1 aromatic carbocycles. The highest BCUT2D eigenvalue weighted by molar-refractivity contribution is 5.46. The Balaban J connectivity index is 1.75. The highest BCUT2D eigenvalue weighted by Gasteiger charge is 2.19. The van der Waals surface area contributed by atoms with Crippen LogP contribution in [0.25, 0.3) is 0 Å². The number of nitrogens with zero attached hydrogens (tertiary/aromatic N) is 2. The van der Waals surface area contributed by atoms with Gasteiger partial charge in [-0.05, 0) is 57.6 Å². The number of nitrogens with one attached hydrogen (secondary N) is 1. The van der Waals surface area contributed by atoms with Gasteiger partial charge in [0, 0.05) is 31.9 Å². The van der Waals surface area contributed by atoms with Crippen LogP contribution in [0.2, 0.25) is 0 Å². The molecule has 1 aliphatic rings. The molecule has 1 saturated carbocycles. The molecule has 2 rings (SSSR count). The van der Waals surface area contributed by atoms with Crippen LogP contribution in [0.4, 0.5) is 5.69 Å². The summed E-state index contributed by atoms with van der Waals surface area (Å²) in [7, 11) is 6.43. The van der Waals surface area contributed by atoms with Crippen LogP contribution in [-0.4, -0.2) is 45.2 Å². The summed E-state index contributed by atoms with van der Waals surface area (Å²) in [5.74, 6) is 0. The Kier molecular flexibility index (Phi) is 5.23. The van der Waals surface area contributed by atoms with Gasteiger partial charge in [-0.2, -0.15) is 0 Å². The van der Waals surface area contributed by atoms with Crippen LogP contribution in [0.15, 0.2) is 24.3 Å². The molecule has 1 fully saturated rings. The fraction of sp³-hybridized carbons (Fsp3) is 0.625. The van der Waals surface area contributed by atoms with E-state index in [1.54, 1.807) is 0 Å². The van der Waals surface area contributed by atoms with Crippen molar-refractivity contribution >= 4 is 5.69 Å². The van der Waals surface area contributed by atoms with Gasteiger partial charge in [-0.25, -0.2) is 0 Å². The fourth-order valence-corrected chi connectivity index (χ4v) is 2.17. The fourth-order valence-electron chi connectivity index (χ4n) is 2.17. The lowest BCUT2D eigenvalue weighted by Gasteiger charge is -2.20. The van der Waals surface area contributed by atoms with Gasteiger partial charge in [-0.1, -0.05) is 12.1 Å². The van der Waals surface area contributed by atoms with Crippen molar-refractivity contribution in [2.24, 2.45) is 0 Å². The average molecular weight is 261 g/mol. The molecule has 0 heterocycles. The van der Waals surface area contributed by atoms with Crippen molar-refractivity contribution in [3.8, 4) is 0 Å². The predicted octanol–water partition coefficient (Wildman–Crippen LogP) is 2.33. The van der Waals surface area contributed by atoms with Crippen LogP contribution in [0, 0.1) is 0 Å². The number of hydrogen-bond acceptors (Lipinski definition) is 3. The Morgan fingerprint density at radius 3 is 2.32 bits per heavy atom. The Morgan fingerprint density at radius 2 is 1.74 bits per heavy atom. The first kappa shape index (κ1) is 14.4. The third-order valence-corrected chi connectivity index (χ3v) is 3.65. The van der Waals surface area contributed by atoms with E-state index in [2.05, 4.69) is 60.5 Å². The quantitative estimate of drug-likeness (QED) is 0.775. The summed E-state index contributed by atoms with van der Waals surface area (Å²) in [6.07, 6.45) is 3.91. The van der Waals surface area contributed by atoms with Crippen molar-refractivity contribution in [1.82, 2.24) is 10.2 Å². The van der Waals surface area contributed by atoms with Crippen LogP contribution in [0.3, 0.4) is 0 Å². The van der Waals surface area contributed by atoms with Gasteiger partial charge in [0.1, 0.15) is 0 Å². The summed E-state index contributed by atoms with van der Waals surface area (Å²) >= 11 is 0. The van der Waals surface area contributed by atoms with Crippen molar-refractivity contribution < 1.29 is 0 Å². The minimum absolute atomic E-state index is 0.786. The minimum Gasteiger partial charge on any atom is -0.375 e. The van der Waals surface area contributed by atoms with Crippen molar-refractivity contribution in [2.45, 2.75) is 31.8 Å². The van der Waals surface area contributed by atoms with E-state index in [1.165, 1.54) is 30.5 Å². The summed E-state index contributed by atoms with van der Waals surface area (Å²) in [6, 6.07) is 9.74. The van der Waals surface area contributed by atoms with Crippen molar-refractivity contribution in [2.75, 3.05) is 39.1 Å². The van der Waals surface area contributed by atoms with Crippen molar-refractivity contribution in [1.29, 1.82) is 0 Å². The maximum absolute atomic E-state index is 3.55. The van der Waals surface area contributed by atoms with E-state index in [4.69, 9.17) is 0 Å². The number of hydrogen-bond donors (Lipinski definition) is 1. The second-order valence-corrected chi connectivity index (χ2v) is 5.90. The summed E-state index contributed by atoms with van der Waals surface area (Å²) in [6.45, 7) is 3.26. The predicted molar refractivity (Wildman–Crippen MR) is 82.7 cm³/mol. The molecule has 0 spiro atoms. The zero-order chi connectivity index (χ0) is 13.7. The molecule has 3 heteroatoms. The molecule has 0 aromatic heterocycles. The largest absolute Gasteiger partial charge is 0.375 e. The van der Waals surface area contributed by atoms with Gasteiger partial charge in [0.25, 0.3) is 0 Å². The van der Waals surface area contributed by atoms with E-state index in [-0.39, 0.29) is 0 Å². The molecule has 0 radical (unpaired) electrons. The number of rotatable bonds is 8. The SMILES string of the molecule is CN(C)CCCN(C)c1ccc(CNC2CC2)cc1. The summed E-state index contributed by atoms with van der Waals surface area (Å²) < 4.78 is 0. The number of benzene rings is 1. The maximum Gasteiger partial charge on any atom is 0.0363 e. The first-order chi connectivity index (χ1) is 9.15. The normalized spacial score (nSPS) is 14.9. The van der Waals surface area contributed by atoms with E-state index in [9.17, 15) is 0 Å². The molecule has 106 valence electrons. The van der Waals surface area contributed by atoms with Gasteiger partial charge in [-0.3, -0.25) is 0 Å². The van der Waals surface area contributed by atoms with E-state index >= 15 is 0 Å². The van der Waals surface area contributed by atoms with Crippen LogP contribution in [0.1, 0.15) is 24.8 Å². The smallest absolute Gasteiger partial charge is 0.0363 e. The molecule has 0 amide bonds. The lowest BCUT2D eigenvalue weighted by Crippen LogP contribution is -2.23. The van der Waals surface area contributed by atoms with Crippen LogP contribution in [-0.2, 0) is 6.54 Å². The van der Waals surface area contributed by atoms with E-state index in [0.29, 0.717) is 0 Å². The zero-order valence-corrected chi connectivity index (χ0v) is 12.5. The zero-order valence-electron chi connectivity index (χ0n) is 12.5. The monoisotopic (exact) mass is 261 g/mol. The Labute approximate surface area is 117 Å². The van der Waals surface area contributed by atoms with E-state index in [1.807, 2.05) is 0 Å². The molecule has 0 saturated heterocycles. The van der Waals surface area contributed by atoms with Gasteiger partial charge >= 0.3 is 0 Å². The second-order valence-electron chi connectivity index (χ2n) is 5.90. The first-order valence-corrected chi connectivity index (χ1v) is 7.33. The van der Waals surface area contributed by atoms with E-state index < -0.39 is 0 Å². The summed E-state index contributed by atoms with van der Waals surface area (Å²) in [5.41, 5.74) is 2.70. The summed E-state index contributed by atoms with van der Waals surface area (Å²) in [4.78, 5) is 4.57. The minimum atomic E-state index is 0.786. The van der Waals surface area contributed by atoms with Crippen molar-refractivity contribution in [3.63, 3.8) is 0 Å².